The topological polar surface area (TPSA) is 46.9 Å². The van der Waals surface area contributed by atoms with Gasteiger partial charge in [-0.05, 0) is 48.9 Å². The van der Waals surface area contributed by atoms with Crippen LogP contribution in [0.3, 0.4) is 0 Å². The molecule has 5 heteroatoms. The lowest BCUT2D eigenvalue weighted by atomic mass is 10.0. The Bertz CT molecular complexity index is 655. The third-order valence-corrected chi connectivity index (χ3v) is 4.79. The van der Waals surface area contributed by atoms with Crippen molar-refractivity contribution >= 4 is 17.5 Å². The smallest absolute Gasteiger partial charge is 0.254 e. The van der Waals surface area contributed by atoms with E-state index in [0.29, 0.717) is 22.4 Å². The van der Waals surface area contributed by atoms with E-state index in [1.165, 1.54) is 12.8 Å². The van der Waals surface area contributed by atoms with Crippen molar-refractivity contribution in [3.8, 4) is 5.69 Å². The zero-order valence-corrected chi connectivity index (χ0v) is 13.5. The molecule has 0 aliphatic heterocycles. The molecule has 1 aliphatic carbocycles. The molecule has 4 nitrogen and oxygen atoms in total. The Morgan fingerprint density at radius 2 is 1.86 bits per heavy atom. The van der Waals surface area contributed by atoms with Gasteiger partial charge in [-0.1, -0.05) is 25.4 Å². The molecule has 1 heterocycles. The minimum Gasteiger partial charge on any atom is -0.349 e. The average molecular weight is 318 g/mol. The quantitative estimate of drug-likeness (QED) is 0.938. The molecule has 3 rings (SSSR count). The van der Waals surface area contributed by atoms with Crippen LogP contribution in [-0.4, -0.2) is 21.7 Å². The third-order valence-electron chi connectivity index (χ3n) is 4.54. The van der Waals surface area contributed by atoms with Crippen LogP contribution >= 0.6 is 11.6 Å². The van der Waals surface area contributed by atoms with Gasteiger partial charge in [0.1, 0.15) is 0 Å². The largest absolute Gasteiger partial charge is 0.349 e. The fraction of sp³-hybridized carbons (Fsp3) is 0.412. The summed E-state index contributed by atoms with van der Waals surface area (Å²) in [7, 11) is 0. The van der Waals surface area contributed by atoms with Crippen molar-refractivity contribution in [3.05, 3.63) is 47.2 Å². The fourth-order valence-corrected chi connectivity index (χ4v) is 3.27. The van der Waals surface area contributed by atoms with E-state index in [-0.39, 0.29) is 11.9 Å². The van der Waals surface area contributed by atoms with Crippen molar-refractivity contribution in [1.82, 2.24) is 15.1 Å². The minimum absolute atomic E-state index is 0.0502. The predicted molar refractivity (Wildman–Crippen MR) is 87.4 cm³/mol. The van der Waals surface area contributed by atoms with Gasteiger partial charge in [0.2, 0.25) is 0 Å². The van der Waals surface area contributed by atoms with Crippen LogP contribution in [0.2, 0.25) is 5.02 Å². The van der Waals surface area contributed by atoms with E-state index >= 15 is 0 Å². The molecule has 1 saturated carbocycles. The number of benzene rings is 1. The van der Waals surface area contributed by atoms with Crippen molar-refractivity contribution in [1.29, 1.82) is 0 Å². The second kappa shape index (κ2) is 6.13. The first-order chi connectivity index (χ1) is 10.5. The van der Waals surface area contributed by atoms with Crippen molar-refractivity contribution in [2.24, 2.45) is 11.8 Å². The minimum atomic E-state index is -0.0502. The molecule has 0 saturated heterocycles. The van der Waals surface area contributed by atoms with Crippen molar-refractivity contribution < 1.29 is 4.79 Å². The van der Waals surface area contributed by atoms with Gasteiger partial charge in [0, 0.05) is 17.3 Å². The Hall–Kier alpha value is -1.81. The molecule has 1 aromatic carbocycles. The molecule has 2 atom stereocenters. The number of hydrogen-bond donors (Lipinski definition) is 1. The lowest BCUT2D eigenvalue weighted by Gasteiger charge is -2.21. The molecular formula is C17H20ClN3O. The monoisotopic (exact) mass is 317 g/mol. The number of halogens is 1. The summed E-state index contributed by atoms with van der Waals surface area (Å²) in [6.07, 6.45) is 5.71. The average Bonchev–Trinajstić information content (AvgIpc) is 3.10. The van der Waals surface area contributed by atoms with Crippen LogP contribution in [0.5, 0.6) is 0 Å². The zero-order valence-electron chi connectivity index (χ0n) is 12.8. The van der Waals surface area contributed by atoms with E-state index in [1.807, 2.05) is 12.1 Å². The Kier molecular flexibility index (Phi) is 4.21. The van der Waals surface area contributed by atoms with Gasteiger partial charge in [-0.25, -0.2) is 4.68 Å². The van der Waals surface area contributed by atoms with Crippen molar-refractivity contribution in [3.63, 3.8) is 0 Å². The molecule has 0 radical (unpaired) electrons. The molecule has 22 heavy (non-hydrogen) atoms. The highest BCUT2D eigenvalue weighted by Gasteiger charge is 2.31. The SMILES string of the molecule is CC1CCC(C)C1NC(=O)c1cnn(-c2ccc(Cl)cc2)c1. The third kappa shape index (κ3) is 3.02. The van der Waals surface area contributed by atoms with Gasteiger partial charge in [-0.15, -0.1) is 0 Å². The van der Waals surface area contributed by atoms with E-state index < -0.39 is 0 Å². The highest BCUT2D eigenvalue weighted by Crippen LogP contribution is 2.30. The second-order valence-electron chi connectivity index (χ2n) is 6.18. The lowest BCUT2D eigenvalue weighted by Crippen LogP contribution is -2.39. The molecule has 2 aromatic rings. The summed E-state index contributed by atoms with van der Waals surface area (Å²) in [5, 5.41) is 8.10. The summed E-state index contributed by atoms with van der Waals surface area (Å²) in [5.74, 6) is 1.02. The predicted octanol–water partition coefficient (Wildman–Crippen LogP) is 3.69. The van der Waals surface area contributed by atoms with Gasteiger partial charge in [-0.2, -0.15) is 5.10 Å². The fourth-order valence-electron chi connectivity index (χ4n) is 3.14. The maximum atomic E-state index is 12.4. The molecule has 1 aliphatic rings. The van der Waals surface area contributed by atoms with Gasteiger partial charge in [0.15, 0.2) is 0 Å². The molecule has 0 bridgehead atoms. The van der Waals surface area contributed by atoms with Crippen LogP contribution in [-0.2, 0) is 0 Å². The highest BCUT2D eigenvalue weighted by molar-refractivity contribution is 6.30. The van der Waals surface area contributed by atoms with Crippen LogP contribution in [0.15, 0.2) is 36.7 Å². The Balaban J connectivity index is 1.73. The summed E-state index contributed by atoms with van der Waals surface area (Å²) >= 11 is 5.88. The molecule has 1 aromatic heterocycles. The molecule has 1 amide bonds. The summed E-state index contributed by atoms with van der Waals surface area (Å²) in [6, 6.07) is 7.61. The number of carbonyl (C=O) groups excluding carboxylic acids is 1. The molecular weight excluding hydrogens is 298 g/mol. The zero-order chi connectivity index (χ0) is 15.7. The summed E-state index contributed by atoms with van der Waals surface area (Å²) in [6.45, 7) is 4.40. The summed E-state index contributed by atoms with van der Waals surface area (Å²) in [5.41, 5.74) is 1.47. The van der Waals surface area contributed by atoms with E-state index in [2.05, 4.69) is 24.3 Å². The molecule has 1 fully saturated rings. The molecule has 116 valence electrons. The van der Waals surface area contributed by atoms with Crippen LogP contribution in [0, 0.1) is 11.8 Å². The number of carbonyl (C=O) groups is 1. The maximum Gasteiger partial charge on any atom is 0.254 e. The van der Waals surface area contributed by atoms with E-state index in [0.717, 1.165) is 5.69 Å². The van der Waals surface area contributed by atoms with Crippen LogP contribution in [0.25, 0.3) is 5.69 Å². The Morgan fingerprint density at radius 1 is 1.23 bits per heavy atom. The first-order valence-corrected chi connectivity index (χ1v) is 8.04. The Labute approximate surface area is 135 Å². The van der Waals surface area contributed by atoms with Gasteiger partial charge in [0.05, 0.1) is 17.4 Å². The normalized spacial score (nSPS) is 24.4. The highest BCUT2D eigenvalue weighted by atomic mass is 35.5. The van der Waals surface area contributed by atoms with Crippen molar-refractivity contribution in [2.45, 2.75) is 32.7 Å². The van der Waals surface area contributed by atoms with Gasteiger partial charge in [0.25, 0.3) is 5.91 Å². The van der Waals surface area contributed by atoms with E-state index in [1.54, 1.807) is 29.2 Å². The van der Waals surface area contributed by atoms with E-state index in [4.69, 9.17) is 11.6 Å². The lowest BCUT2D eigenvalue weighted by molar-refractivity contribution is 0.0919. The van der Waals surface area contributed by atoms with Crippen LogP contribution in [0.1, 0.15) is 37.0 Å². The first kappa shape index (κ1) is 15.1. The summed E-state index contributed by atoms with van der Waals surface area (Å²) in [4.78, 5) is 12.4. The number of rotatable bonds is 3. The van der Waals surface area contributed by atoms with Gasteiger partial charge >= 0.3 is 0 Å². The van der Waals surface area contributed by atoms with Gasteiger partial charge < -0.3 is 5.32 Å². The summed E-state index contributed by atoms with van der Waals surface area (Å²) < 4.78 is 1.69. The van der Waals surface area contributed by atoms with Crippen LogP contribution < -0.4 is 5.32 Å². The molecule has 1 N–H and O–H groups in total. The maximum absolute atomic E-state index is 12.4. The molecule has 2 unspecified atom stereocenters. The number of nitrogens with zero attached hydrogens (tertiary/aromatic N) is 2. The molecule has 0 spiro atoms. The van der Waals surface area contributed by atoms with Crippen molar-refractivity contribution in [2.75, 3.05) is 0 Å². The van der Waals surface area contributed by atoms with Gasteiger partial charge in [-0.3, -0.25) is 4.79 Å². The number of amides is 1. The number of nitrogens with one attached hydrogen (secondary N) is 1. The van der Waals surface area contributed by atoms with E-state index in [9.17, 15) is 4.79 Å². The second-order valence-corrected chi connectivity index (χ2v) is 6.62. The number of hydrogen-bond acceptors (Lipinski definition) is 2. The van der Waals surface area contributed by atoms with Crippen LogP contribution in [0.4, 0.5) is 0 Å². The number of aromatic nitrogens is 2. The standard InChI is InChI=1S/C17H20ClN3O/c1-11-3-4-12(2)16(11)20-17(22)13-9-19-21(10-13)15-7-5-14(18)6-8-15/h5-12,16H,3-4H2,1-2H3,(H,20,22). The first-order valence-electron chi connectivity index (χ1n) is 7.66. The Morgan fingerprint density at radius 3 is 2.50 bits per heavy atom.